The summed E-state index contributed by atoms with van der Waals surface area (Å²) in [5, 5.41) is 13.9. The van der Waals surface area contributed by atoms with Crippen LogP contribution in [0.5, 0.6) is 0 Å². The molecular formula is C20H21F2N5O2. The molecule has 3 fully saturated rings. The Balaban J connectivity index is 1.26. The summed E-state index contributed by atoms with van der Waals surface area (Å²) in [7, 11) is 1.61. The molecule has 152 valence electrons. The van der Waals surface area contributed by atoms with Crippen molar-refractivity contribution in [2.75, 3.05) is 7.11 Å². The van der Waals surface area contributed by atoms with Crippen LogP contribution in [0.3, 0.4) is 0 Å². The van der Waals surface area contributed by atoms with Crippen LogP contribution >= 0.6 is 0 Å². The van der Waals surface area contributed by atoms with Crippen molar-refractivity contribution in [3.05, 3.63) is 47.3 Å². The van der Waals surface area contributed by atoms with Crippen molar-refractivity contribution in [1.82, 2.24) is 20.0 Å². The molecular weight excluding hydrogens is 380 g/mol. The topological polar surface area (TPSA) is 72.6 Å². The van der Waals surface area contributed by atoms with Crippen molar-refractivity contribution >= 4 is 12.1 Å². The molecule has 9 heteroatoms. The molecule has 7 nitrogen and oxygen atoms in total. The van der Waals surface area contributed by atoms with Gasteiger partial charge in [0.05, 0.1) is 24.3 Å². The Labute approximate surface area is 166 Å². The third kappa shape index (κ3) is 2.95. The van der Waals surface area contributed by atoms with E-state index in [-0.39, 0.29) is 11.3 Å². The fourth-order valence-electron chi connectivity index (χ4n) is 5.26. The lowest BCUT2D eigenvalue weighted by atomic mass is 9.34. The number of aromatic nitrogens is 3. The molecule has 1 unspecified atom stereocenters. The number of rotatable bonds is 6. The number of hydrazone groups is 1. The monoisotopic (exact) mass is 401 g/mol. The molecule has 1 aliphatic heterocycles. The summed E-state index contributed by atoms with van der Waals surface area (Å²) in [5.74, 6) is -1.35. The van der Waals surface area contributed by atoms with Crippen LogP contribution in [-0.4, -0.2) is 39.2 Å². The zero-order chi connectivity index (χ0) is 20.2. The van der Waals surface area contributed by atoms with E-state index in [1.807, 2.05) is 10.9 Å². The highest BCUT2D eigenvalue weighted by molar-refractivity contribution is 5.88. The highest BCUT2D eigenvalue weighted by Gasteiger charge is 2.72. The third-order valence-corrected chi connectivity index (χ3v) is 6.28. The van der Waals surface area contributed by atoms with Crippen LogP contribution < -0.4 is 0 Å². The first kappa shape index (κ1) is 18.4. The van der Waals surface area contributed by atoms with Crippen LogP contribution in [0.2, 0.25) is 0 Å². The van der Waals surface area contributed by atoms with Gasteiger partial charge >= 0.3 is 0 Å². The Morgan fingerprint density at radius 3 is 2.66 bits per heavy atom. The normalized spacial score (nSPS) is 29.6. The predicted molar refractivity (Wildman–Crippen MR) is 98.5 cm³/mol. The average molecular weight is 401 g/mol. The van der Waals surface area contributed by atoms with Crippen molar-refractivity contribution in [1.29, 1.82) is 0 Å². The molecule has 2 aromatic rings. The third-order valence-electron chi connectivity index (χ3n) is 6.28. The minimum absolute atomic E-state index is 0.0542. The standard InChI is InChI=1S/C20H21F2N5O2/c1-29-8-16-7-26(25-24-16)12-19-9-20(10-19,11-19)18(28)27-17(2-3-23-27)13-4-14(21)6-15(22)5-13/h3-7,17H,2,8-12H2,1H3. The first-order valence-corrected chi connectivity index (χ1v) is 9.62. The van der Waals surface area contributed by atoms with Gasteiger partial charge in [0.25, 0.3) is 0 Å². The van der Waals surface area contributed by atoms with Gasteiger partial charge in [-0.25, -0.2) is 13.8 Å². The highest BCUT2D eigenvalue weighted by Crippen LogP contribution is 2.74. The lowest BCUT2D eigenvalue weighted by Crippen LogP contribution is -2.68. The molecule has 1 aromatic carbocycles. The summed E-state index contributed by atoms with van der Waals surface area (Å²) in [6, 6.07) is 2.92. The number of nitrogens with zero attached hydrogens (tertiary/aromatic N) is 5. The van der Waals surface area contributed by atoms with Gasteiger partial charge in [0.2, 0.25) is 5.91 Å². The molecule has 1 atom stereocenters. The zero-order valence-corrected chi connectivity index (χ0v) is 16.0. The van der Waals surface area contributed by atoms with Crippen molar-refractivity contribution in [2.45, 2.75) is 44.9 Å². The molecule has 2 bridgehead atoms. The van der Waals surface area contributed by atoms with Crippen LogP contribution in [0.25, 0.3) is 0 Å². The van der Waals surface area contributed by atoms with Crippen LogP contribution in [0.15, 0.2) is 29.5 Å². The molecule has 1 aromatic heterocycles. The lowest BCUT2D eigenvalue weighted by molar-refractivity contribution is -0.223. The molecule has 6 rings (SSSR count). The van der Waals surface area contributed by atoms with Crippen LogP contribution in [-0.2, 0) is 22.7 Å². The summed E-state index contributed by atoms with van der Waals surface area (Å²) in [5.41, 5.74) is 0.865. The Hall–Kier alpha value is -2.68. The van der Waals surface area contributed by atoms with E-state index in [0.29, 0.717) is 18.6 Å². The smallest absolute Gasteiger partial charge is 0.249 e. The molecule has 3 aliphatic carbocycles. The van der Waals surface area contributed by atoms with Crippen molar-refractivity contribution in [3.63, 3.8) is 0 Å². The maximum absolute atomic E-state index is 13.6. The van der Waals surface area contributed by atoms with Gasteiger partial charge in [0.1, 0.15) is 17.3 Å². The Morgan fingerprint density at radius 2 is 1.97 bits per heavy atom. The first-order chi connectivity index (χ1) is 13.9. The minimum Gasteiger partial charge on any atom is -0.378 e. The van der Waals surface area contributed by atoms with Crippen molar-refractivity contribution in [2.24, 2.45) is 15.9 Å². The molecule has 0 saturated heterocycles. The predicted octanol–water partition coefficient (Wildman–Crippen LogP) is 2.83. The van der Waals surface area contributed by atoms with E-state index in [0.717, 1.165) is 37.6 Å². The van der Waals surface area contributed by atoms with Crippen LogP contribution in [0.4, 0.5) is 8.78 Å². The van der Waals surface area contributed by atoms with E-state index in [1.165, 1.54) is 17.1 Å². The highest BCUT2D eigenvalue weighted by atomic mass is 19.1. The maximum Gasteiger partial charge on any atom is 0.249 e. The minimum atomic E-state index is -0.649. The number of halogens is 2. The summed E-state index contributed by atoms with van der Waals surface area (Å²) >= 11 is 0. The number of amides is 1. The first-order valence-electron chi connectivity index (χ1n) is 9.62. The number of hydrogen-bond acceptors (Lipinski definition) is 5. The van der Waals surface area contributed by atoms with Crippen LogP contribution in [0.1, 0.15) is 43.0 Å². The molecule has 3 saturated carbocycles. The fourth-order valence-corrected chi connectivity index (χ4v) is 5.26. The van der Waals surface area contributed by atoms with E-state index in [4.69, 9.17) is 4.74 Å². The summed E-state index contributed by atoms with van der Waals surface area (Å²) in [4.78, 5) is 13.2. The van der Waals surface area contributed by atoms with Gasteiger partial charge in [-0.1, -0.05) is 5.21 Å². The van der Waals surface area contributed by atoms with E-state index < -0.39 is 23.1 Å². The van der Waals surface area contributed by atoms with Gasteiger partial charge in [0, 0.05) is 32.4 Å². The largest absolute Gasteiger partial charge is 0.378 e. The van der Waals surface area contributed by atoms with Gasteiger partial charge < -0.3 is 4.74 Å². The van der Waals surface area contributed by atoms with Gasteiger partial charge in [-0.2, -0.15) is 5.10 Å². The number of ether oxygens (including phenoxy) is 1. The molecule has 0 radical (unpaired) electrons. The summed E-state index contributed by atoms with van der Waals surface area (Å²) < 4.78 is 34.1. The molecule has 1 amide bonds. The van der Waals surface area contributed by atoms with E-state index in [2.05, 4.69) is 15.4 Å². The Morgan fingerprint density at radius 1 is 1.24 bits per heavy atom. The van der Waals surface area contributed by atoms with Crippen LogP contribution in [0, 0.1) is 22.5 Å². The van der Waals surface area contributed by atoms with E-state index in [1.54, 1.807) is 13.3 Å². The van der Waals surface area contributed by atoms with Gasteiger partial charge in [0.15, 0.2) is 0 Å². The number of benzene rings is 1. The van der Waals surface area contributed by atoms with E-state index >= 15 is 0 Å². The second-order valence-corrected chi connectivity index (χ2v) is 8.55. The fraction of sp³-hybridized carbons (Fsp3) is 0.500. The molecule has 4 aliphatic rings. The molecule has 29 heavy (non-hydrogen) atoms. The van der Waals surface area contributed by atoms with Gasteiger partial charge in [-0.05, 0) is 42.4 Å². The Kier molecular flexibility index (Phi) is 4.06. The average Bonchev–Trinajstić information content (AvgIpc) is 3.25. The lowest BCUT2D eigenvalue weighted by Gasteiger charge is -2.69. The summed E-state index contributed by atoms with van der Waals surface area (Å²) in [6.07, 6.45) is 6.28. The molecule has 0 N–H and O–H groups in total. The molecule has 2 heterocycles. The van der Waals surface area contributed by atoms with E-state index in [9.17, 15) is 13.6 Å². The Bertz CT molecular complexity index is 964. The number of carbonyl (C=O) groups excluding carboxylic acids is 1. The zero-order valence-electron chi connectivity index (χ0n) is 16.0. The maximum atomic E-state index is 13.6. The van der Waals surface area contributed by atoms with Gasteiger partial charge in [-0.3, -0.25) is 9.48 Å². The number of hydrogen-bond donors (Lipinski definition) is 0. The van der Waals surface area contributed by atoms with Crippen molar-refractivity contribution < 1.29 is 18.3 Å². The molecule has 0 spiro atoms. The number of methoxy groups -OCH3 is 1. The van der Waals surface area contributed by atoms with Crippen molar-refractivity contribution in [3.8, 4) is 0 Å². The summed E-state index contributed by atoms with van der Waals surface area (Å²) in [6.45, 7) is 1.14. The number of carbonyl (C=O) groups is 1. The quantitative estimate of drug-likeness (QED) is 0.746. The second kappa shape index (κ2) is 6.41. The van der Waals surface area contributed by atoms with Gasteiger partial charge in [-0.15, -0.1) is 5.10 Å². The SMILES string of the molecule is COCc1cn(CC23CC(C(=O)N4N=CCC4c4cc(F)cc(F)c4)(C2)C3)nn1. The second-order valence-electron chi connectivity index (χ2n) is 8.55.